The Morgan fingerprint density at radius 3 is 2.66 bits per heavy atom. The average molecular weight is 476 g/mol. The molecule has 2 aliphatic rings. The molecule has 10 nitrogen and oxygen atoms in total. The van der Waals surface area contributed by atoms with E-state index in [9.17, 15) is 9.59 Å². The van der Waals surface area contributed by atoms with E-state index in [1.165, 1.54) is 6.07 Å². The third-order valence-electron chi connectivity index (χ3n) is 6.40. The van der Waals surface area contributed by atoms with E-state index in [2.05, 4.69) is 38.7 Å². The lowest BCUT2D eigenvalue weighted by atomic mass is 9.93. The van der Waals surface area contributed by atoms with E-state index in [1.807, 2.05) is 38.3 Å². The van der Waals surface area contributed by atoms with E-state index in [-0.39, 0.29) is 35.1 Å². The highest BCUT2D eigenvalue weighted by molar-refractivity contribution is 6.00. The van der Waals surface area contributed by atoms with Crippen molar-refractivity contribution >= 4 is 34.8 Å². The summed E-state index contributed by atoms with van der Waals surface area (Å²) < 4.78 is 22.3. The van der Waals surface area contributed by atoms with E-state index in [0.717, 1.165) is 41.0 Å². The Balaban J connectivity index is 1.61. The van der Waals surface area contributed by atoms with Crippen LogP contribution < -0.4 is 20.9 Å². The lowest BCUT2D eigenvalue weighted by Crippen LogP contribution is -2.28. The molecule has 0 saturated heterocycles. The Bertz CT molecular complexity index is 1460. The van der Waals surface area contributed by atoms with Gasteiger partial charge >= 0.3 is 0 Å². The smallest absolute Gasteiger partial charge is 0.273 e. The molecule has 0 radical (unpaired) electrons. The predicted molar refractivity (Wildman–Crippen MR) is 134 cm³/mol. The number of amides is 2. The third-order valence-corrected chi connectivity index (χ3v) is 6.40. The molecule has 3 N–H and O–H groups in total. The number of aryl methyl sites for hydroxylation is 2. The zero-order valence-corrected chi connectivity index (χ0v) is 19.9. The predicted octanol–water partition coefficient (Wildman–Crippen LogP) is 3.51. The number of aromatic nitrogens is 4. The summed E-state index contributed by atoms with van der Waals surface area (Å²) in [6, 6.07) is 7.46. The van der Waals surface area contributed by atoms with Crippen molar-refractivity contribution in [3.63, 3.8) is 0 Å². The largest absolute Gasteiger partial charge is 0.364 e. The molecule has 1 fully saturated rings. The van der Waals surface area contributed by atoms with Crippen LogP contribution in [0.25, 0.3) is 11.3 Å². The summed E-state index contributed by atoms with van der Waals surface area (Å²) in [6.45, 7) is 3.13. The van der Waals surface area contributed by atoms with Gasteiger partial charge in [0.15, 0.2) is 17.3 Å². The van der Waals surface area contributed by atoms with Gasteiger partial charge in [0.25, 0.3) is 5.91 Å². The topological polar surface area (TPSA) is 125 Å². The first kappa shape index (κ1) is 19.2. The fourth-order valence-corrected chi connectivity index (χ4v) is 4.29. The fourth-order valence-electron chi connectivity index (χ4n) is 4.29. The van der Waals surface area contributed by atoms with E-state index in [1.54, 1.807) is 0 Å². The number of fused-ring (bicyclic) bond motifs is 3. The summed E-state index contributed by atoms with van der Waals surface area (Å²) in [4.78, 5) is 36.8. The van der Waals surface area contributed by atoms with Crippen molar-refractivity contribution < 1.29 is 13.7 Å². The molecule has 35 heavy (non-hydrogen) atoms. The molecule has 10 heteroatoms. The molecule has 0 bridgehead atoms. The zero-order chi connectivity index (χ0) is 27.4. The second-order valence-electron chi connectivity index (χ2n) is 9.02. The SMILES string of the molecule is [2H]C([2H])([2H])NC(=O)c1nnc(NC(=O)C2CC2)cc1Nc1nc(C)cc2c1N(C)[C@H](C)c1ccc(C)nc1-2. The van der Waals surface area contributed by atoms with Crippen molar-refractivity contribution in [3.8, 4) is 11.3 Å². The molecule has 3 aromatic rings. The van der Waals surface area contributed by atoms with Crippen molar-refractivity contribution in [2.45, 2.75) is 39.7 Å². The Morgan fingerprint density at radius 2 is 1.91 bits per heavy atom. The Labute approximate surface area is 207 Å². The van der Waals surface area contributed by atoms with Gasteiger partial charge in [0.2, 0.25) is 5.91 Å². The molecular formula is C25H28N8O2. The number of nitrogens with zero attached hydrogens (tertiary/aromatic N) is 5. The van der Waals surface area contributed by atoms with Crippen LogP contribution in [0.5, 0.6) is 0 Å². The molecule has 1 saturated carbocycles. The van der Waals surface area contributed by atoms with Crippen LogP contribution in [-0.4, -0.2) is 46.0 Å². The molecule has 1 aliphatic heterocycles. The second kappa shape index (κ2) is 8.61. The summed E-state index contributed by atoms with van der Waals surface area (Å²) in [7, 11) is 1.95. The van der Waals surface area contributed by atoms with Crippen molar-refractivity contribution in [1.29, 1.82) is 0 Å². The number of carbonyl (C=O) groups excluding carboxylic acids is 2. The highest BCUT2D eigenvalue weighted by Crippen LogP contribution is 2.47. The maximum atomic E-state index is 12.9. The van der Waals surface area contributed by atoms with Gasteiger partial charge in [0, 0.05) is 52.6 Å². The van der Waals surface area contributed by atoms with Gasteiger partial charge in [-0.1, -0.05) is 6.07 Å². The van der Waals surface area contributed by atoms with Gasteiger partial charge < -0.3 is 20.9 Å². The first-order chi connectivity index (χ1) is 17.9. The molecule has 0 aromatic carbocycles. The number of hydrogen-bond donors (Lipinski definition) is 3. The molecule has 4 heterocycles. The second-order valence-corrected chi connectivity index (χ2v) is 9.02. The van der Waals surface area contributed by atoms with Crippen LogP contribution in [0, 0.1) is 19.8 Å². The van der Waals surface area contributed by atoms with Gasteiger partial charge in [-0.05, 0) is 45.7 Å². The molecule has 5 rings (SSSR count). The van der Waals surface area contributed by atoms with E-state index in [4.69, 9.17) is 14.1 Å². The lowest BCUT2D eigenvalue weighted by Gasteiger charge is -2.36. The van der Waals surface area contributed by atoms with E-state index >= 15 is 0 Å². The van der Waals surface area contributed by atoms with Crippen molar-refractivity contribution in [1.82, 2.24) is 25.5 Å². The van der Waals surface area contributed by atoms with Gasteiger partial charge in [-0.2, -0.15) is 0 Å². The minimum absolute atomic E-state index is 0.0158. The molecule has 0 spiro atoms. The van der Waals surface area contributed by atoms with Crippen molar-refractivity contribution in [2.24, 2.45) is 5.92 Å². The van der Waals surface area contributed by atoms with E-state index in [0.29, 0.717) is 11.5 Å². The van der Waals surface area contributed by atoms with Crippen LogP contribution in [-0.2, 0) is 4.79 Å². The van der Waals surface area contributed by atoms with Crippen LogP contribution in [0.3, 0.4) is 0 Å². The molecule has 3 aromatic heterocycles. The zero-order valence-electron chi connectivity index (χ0n) is 22.9. The normalized spacial score (nSPS) is 17.9. The van der Waals surface area contributed by atoms with Crippen LogP contribution in [0.2, 0.25) is 0 Å². The molecule has 1 aliphatic carbocycles. The number of pyridine rings is 2. The summed E-state index contributed by atoms with van der Waals surface area (Å²) in [6.07, 6.45) is 1.62. The highest BCUT2D eigenvalue weighted by atomic mass is 16.2. The quantitative estimate of drug-likeness (QED) is 0.512. The van der Waals surface area contributed by atoms with Crippen molar-refractivity contribution in [2.75, 3.05) is 29.6 Å². The van der Waals surface area contributed by atoms with Gasteiger partial charge in [0.05, 0.1) is 23.1 Å². The number of anilines is 4. The summed E-state index contributed by atoms with van der Waals surface area (Å²) in [5.74, 6) is -0.614. The number of rotatable bonds is 5. The molecule has 180 valence electrons. The van der Waals surface area contributed by atoms with Crippen LogP contribution in [0.1, 0.15) is 57.4 Å². The molecule has 0 unspecified atom stereocenters. The lowest BCUT2D eigenvalue weighted by molar-refractivity contribution is -0.117. The van der Waals surface area contributed by atoms with Gasteiger partial charge in [-0.3, -0.25) is 14.6 Å². The standard InChI is InChI=1S/C25H28N8O2/c1-12-6-9-16-14(3)33(5)22-17(20(16)27-12)10-13(2)28-23(22)29-18-11-19(30-24(34)15-7-8-15)31-32-21(18)25(35)26-4/h6,9-11,14-15H,7-8H2,1-5H3,(H,26,35)(H2,28,29,30,31,34)/t14-/m1/s1/i4D3. The monoisotopic (exact) mass is 475 g/mol. The first-order valence-corrected chi connectivity index (χ1v) is 11.4. The number of carbonyl (C=O) groups is 2. The number of hydrogen-bond acceptors (Lipinski definition) is 8. The Morgan fingerprint density at radius 1 is 1.11 bits per heavy atom. The highest BCUT2D eigenvalue weighted by Gasteiger charge is 2.32. The summed E-state index contributed by atoms with van der Waals surface area (Å²) in [5, 5.41) is 15.8. The first-order valence-electron chi connectivity index (χ1n) is 12.9. The minimum atomic E-state index is -2.72. The average Bonchev–Trinajstić information content (AvgIpc) is 3.67. The minimum Gasteiger partial charge on any atom is -0.364 e. The van der Waals surface area contributed by atoms with Gasteiger partial charge in [0.1, 0.15) is 0 Å². The number of nitrogens with one attached hydrogen (secondary N) is 3. The summed E-state index contributed by atoms with van der Waals surface area (Å²) in [5.41, 5.74) is 5.06. The van der Waals surface area contributed by atoms with Gasteiger partial charge in [-0.15, -0.1) is 10.2 Å². The van der Waals surface area contributed by atoms with Crippen LogP contribution in [0.4, 0.5) is 23.0 Å². The maximum Gasteiger partial charge on any atom is 0.273 e. The molecule has 1 atom stereocenters. The Kier molecular flexibility index (Phi) is 4.73. The molecular weight excluding hydrogens is 444 g/mol. The Hall–Kier alpha value is -4.08. The van der Waals surface area contributed by atoms with Gasteiger partial charge in [-0.25, -0.2) is 4.98 Å². The fraction of sp³-hybridized carbons (Fsp3) is 0.360. The molecule has 2 amide bonds. The van der Waals surface area contributed by atoms with Crippen LogP contribution >= 0.6 is 0 Å². The third kappa shape index (κ3) is 4.16. The maximum absolute atomic E-state index is 12.9. The van der Waals surface area contributed by atoms with Crippen LogP contribution in [0.15, 0.2) is 24.3 Å². The van der Waals surface area contributed by atoms with Crippen molar-refractivity contribution in [3.05, 3.63) is 46.9 Å². The summed E-state index contributed by atoms with van der Waals surface area (Å²) >= 11 is 0. The van der Waals surface area contributed by atoms with E-state index < -0.39 is 12.9 Å².